The van der Waals surface area contributed by atoms with Crippen LogP contribution in [-0.2, 0) is 7.05 Å². The van der Waals surface area contributed by atoms with Crippen LogP contribution in [0, 0.1) is 6.92 Å². The van der Waals surface area contributed by atoms with E-state index in [4.69, 9.17) is 5.73 Å². The maximum atomic E-state index is 12.0. The van der Waals surface area contributed by atoms with Crippen molar-refractivity contribution in [1.29, 1.82) is 0 Å². The van der Waals surface area contributed by atoms with Crippen molar-refractivity contribution in [3.8, 4) is 0 Å². The second kappa shape index (κ2) is 4.81. The molecule has 1 aromatic heterocycles. The summed E-state index contributed by atoms with van der Waals surface area (Å²) in [6.45, 7) is 1.95. The number of aryl methyl sites for hydroxylation is 2. The lowest BCUT2D eigenvalue weighted by Gasteiger charge is -2.06. The molecule has 0 saturated heterocycles. The van der Waals surface area contributed by atoms with Crippen molar-refractivity contribution >= 4 is 33.2 Å². The van der Waals surface area contributed by atoms with Crippen LogP contribution in [0.5, 0.6) is 0 Å². The summed E-state index contributed by atoms with van der Waals surface area (Å²) in [5.41, 5.74) is 8.05. The number of nitrogens with zero attached hydrogens (tertiary/aromatic N) is 2. The van der Waals surface area contributed by atoms with E-state index in [2.05, 4.69) is 26.3 Å². The van der Waals surface area contributed by atoms with E-state index in [-0.39, 0.29) is 11.6 Å². The van der Waals surface area contributed by atoms with Gasteiger partial charge in [0, 0.05) is 23.4 Å². The minimum atomic E-state index is -0.310. The van der Waals surface area contributed by atoms with Crippen molar-refractivity contribution in [3.05, 3.63) is 40.1 Å². The number of nitrogens with one attached hydrogen (secondary N) is 1. The van der Waals surface area contributed by atoms with E-state index in [9.17, 15) is 4.79 Å². The average Bonchev–Trinajstić information content (AvgIpc) is 2.63. The highest BCUT2D eigenvalue weighted by molar-refractivity contribution is 9.10. The molecule has 1 amide bonds. The number of halogens is 1. The lowest BCUT2D eigenvalue weighted by atomic mass is 10.2. The van der Waals surface area contributed by atoms with E-state index in [1.54, 1.807) is 13.2 Å². The van der Waals surface area contributed by atoms with Crippen LogP contribution in [0.4, 0.5) is 11.4 Å². The third kappa shape index (κ3) is 2.53. The van der Waals surface area contributed by atoms with Crippen LogP contribution in [0.25, 0.3) is 0 Å². The number of anilines is 2. The Morgan fingerprint density at radius 2 is 2.22 bits per heavy atom. The van der Waals surface area contributed by atoms with Gasteiger partial charge in [-0.1, -0.05) is 15.9 Å². The molecule has 2 rings (SSSR count). The van der Waals surface area contributed by atoms with Gasteiger partial charge in [0.2, 0.25) is 0 Å². The maximum absolute atomic E-state index is 12.0. The standard InChI is InChI=1S/C12H13BrN4O/c1-7-5-8(3-4-9(7)13)15-12(18)11-10(14)6-17(2)16-11/h3-6H,14H2,1-2H3,(H,15,18). The third-order valence-corrected chi connectivity index (χ3v) is 3.38. The summed E-state index contributed by atoms with van der Waals surface area (Å²) in [5.74, 6) is -0.310. The predicted octanol–water partition coefficient (Wildman–Crippen LogP) is 2.33. The molecule has 1 aromatic carbocycles. The molecular weight excluding hydrogens is 296 g/mol. The average molecular weight is 309 g/mol. The fourth-order valence-corrected chi connectivity index (χ4v) is 1.84. The van der Waals surface area contributed by atoms with Crippen LogP contribution in [0.1, 0.15) is 16.1 Å². The molecule has 0 aliphatic carbocycles. The minimum absolute atomic E-state index is 0.234. The zero-order chi connectivity index (χ0) is 13.3. The molecule has 0 unspecified atom stereocenters. The van der Waals surface area contributed by atoms with E-state index >= 15 is 0 Å². The second-order valence-electron chi connectivity index (χ2n) is 4.02. The Labute approximate surface area is 113 Å². The van der Waals surface area contributed by atoms with E-state index < -0.39 is 0 Å². The number of carbonyl (C=O) groups is 1. The summed E-state index contributed by atoms with van der Waals surface area (Å²) < 4.78 is 2.51. The van der Waals surface area contributed by atoms with Gasteiger partial charge in [0.15, 0.2) is 5.69 Å². The SMILES string of the molecule is Cc1cc(NC(=O)c2nn(C)cc2N)ccc1Br. The molecule has 0 aliphatic heterocycles. The number of nitrogen functional groups attached to an aromatic ring is 1. The quantitative estimate of drug-likeness (QED) is 0.894. The van der Waals surface area contributed by atoms with E-state index in [1.165, 1.54) is 4.68 Å². The summed E-state index contributed by atoms with van der Waals surface area (Å²) in [6.07, 6.45) is 1.60. The molecule has 94 valence electrons. The van der Waals surface area contributed by atoms with Gasteiger partial charge in [-0.05, 0) is 30.7 Å². The second-order valence-corrected chi connectivity index (χ2v) is 4.88. The number of aromatic nitrogens is 2. The Kier molecular flexibility index (Phi) is 3.38. The van der Waals surface area contributed by atoms with Gasteiger partial charge < -0.3 is 11.1 Å². The number of hydrogen-bond acceptors (Lipinski definition) is 3. The Hall–Kier alpha value is -1.82. The molecule has 5 nitrogen and oxygen atoms in total. The van der Waals surface area contributed by atoms with Crippen LogP contribution in [-0.4, -0.2) is 15.7 Å². The first kappa shape index (κ1) is 12.6. The summed E-state index contributed by atoms with van der Waals surface area (Å²) in [6, 6.07) is 5.57. The van der Waals surface area contributed by atoms with Crippen LogP contribution >= 0.6 is 15.9 Å². The van der Waals surface area contributed by atoms with Gasteiger partial charge in [-0.15, -0.1) is 0 Å². The Balaban J connectivity index is 2.21. The molecule has 0 spiro atoms. The predicted molar refractivity (Wildman–Crippen MR) is 74.5 cm³/mol. The zero-order valence-corrected chi connectivity index (χ0v) is 11.7. The van der Waals surface area contributed by atoms with Gasteiger partial charge in [-0.2, -0.15) is 5.10 Å². The van der Waals surface area contributed by atoms with Gasteiger partial charge >= 0.3 is 0 Å². The number of nitrogens with two attached hydrogens (primary N) is 1. The minimum Gasteiger partial charge on any atom is -0.396 e. The van der Waals surface area contributed by atoms with E-state index in [0.717, 1.165) is 10.0 Å². The number of amides is 1. The van der Waals surface area contributed by atoms with Crippen molar-refractivity contribution in [2.24, 2.45) is 7.05 Å². The molecule has 3 N–H and O–H groups in total. The fraction of sp³-hybridized carbons (Fsp3) is 0.167. The third-order valence-electron chi connectivity index (χ3n) is 2.49. The molecule has 0 bridgehead atoms. The Morgan fingerprint density at radius 3 is 2.78 bits per heavy atom. The van der Waals surface area contributed by atoms with Crippen molar-refractivity contribution < 1.29 is 4.79 Å². The topological polar surface area (TPSA) is 72.9 Å². The summed E-state index contributed by atoms with van der Waals surface area (Å²) >= 11 is 3.41. The van der Waals surface area contributed by atoms with Crippen LogP contribution < -0.4 is 11.1 Å². The van der Waals surface area contributed by atoms with Crippen LogP contribution in [0.15, 0.2) is 28.9 Å². The van der Waals surface area contributed by atoms with Crippen molar-refractivity contribution in [2.75, 3.05) is 11.1 Å². The summed E-state index contributed by atoms with van der Waals surface area (Å²) in [7, 11) is 1.72. The molecule has 0 saturated carbocycles. The molecule has 18 heavy (non-hydrogen) atoms. The molecule has 6 heteroatoms. The normalized spacial score (nSPS) is 10.4. The molecule has 2 aromatic rings. The van der Waals surface area contributed by atoms with Gasteiger partial charge in [0.05, 0.1) is 5.69 Å². The van der Waals surface area contributed by atoms with E-state index in [0.29, 0.717) is 11.4 Å². The molecule has 1 heterocycles. The summed E-state index contributed by atoms with van der Waals surface area (Å²) in [4.78, 5) is 12.0. The molecule has 0 atom stereocenters. The smallest absolute Gasteiger partial charge is 0.278 e. The monoisotopic (exact) mass is 308 g/mol. The Morgan fingerprint density at radius 1 is 1.50 bits per heavy atom. The van der Waals surface area contributed by atoms with Gasteiger partial charge in [-0.25, -0.2) is 0 Å². The lowest BCUT2D eigenvalue weighted by molar-refractivity contribution is 0.102. The number of rotatable bonds is 2. The zero-order valence-electron chi connectivity index (χ0n) is 10.1. The summed E-state index contributed by atoms with van der Waals surface area (Å²) in [5, 5.41) is 6.78. The van der Waals surface area contributed by atoms with Crippen molar-refractivity contribution in [3.63, 3.8) is 0 Å². The molecule has 0 radical (unpaired) electrons. The first-order valence-corrected chi connectivity index (χ1v) is 6.13. The molecule has 0 fully saturated rings. The highest BCUT2D eigenvalue weighted by Gasteiger charge is 2.14. The van der Waals surface area contributed by atoms with Gasteiger partial charge in [0.1, 0.15) is 0 Å². The highest BCUT2D eigenvalue weighted by Crippen LogP contribution is 2.20. The van der Waals surface area contributed by atoms with Crippen molar-refractivity contribution in [2.45, 2.75) is 6.92 Å². The highest BCUT2D eigenvalue weighted by atomic mass is 79.9. The first-order chi connectivity index (χ1) is 8.47. The fourth-order valence-electron chi connectivity index (χ4n) is 1.60. The van der Waals surface area contributed by atoms with E-state index in [1.807, 2.05) is 25.1 Å². The maximum Gasteiger partial charge on any atom is 0.278 e. The number of carbonyl (C=O) groups excluding carboxylic acids is 1. The molecule has 0 aliphatic rings. The largest absolute Gasteiger partial charge is 0.396 e. The van der Waals surface area contributed by atoms with Crippen LogP contribution in [0.2, 0.25) is 0 Å². The first-order valence-electron chi connectivity index (χ1n) is 5.34. The number of hydrogen-bond donors (Lipinski definition) is 2. The lowest BCUT2D eigenvalue weighted by Crippen LogP contribution is -2.14. The van der Waals surface area contributed by atoms with Crippen molar-refractivity contribution in [1.82, 2.24) is 9.78 Å². The number of benzene rings is 1. The Bertz CT molecular complexity index is 606. The van der Waals surface area contributed by atoms with Gasteiger partial charge in [0.25, 0.3) is 5.91 Å². The molecular formula is C12H13BrN4O. The van der Waals surface area contributed by atoms with Gasteiger partial charge in [-0.3, -0.25) is 9.48 Å². The van der Waals surface area contributed by atoms with Crippen LogP contribution in [0.3, 0.4) is 0 Å².